The standard InChI is InChI=1S/C17H22N6O.ClH/c1-11-8-17(10-19-9-11,23-15(24)16(18)3-4-16)12-2-5-21-14-13(12)20-6-7-22-14;/h2,5-7,11,19H,3-4,8-10,18H2,1H3,(H,23,24);1H/t11-,17-;/m0./s1. The van der Waals surface area contributed by atoms with Crippen LogP contribution in [0, 0.1) is 5.92 Å². The van der Waals surface area contributed by atoms with Gasteiger partial charge in [-0.05, 0) is 37.8 Å². The SMILES string of the molecule is C[C@@H]1CNC[C@](NC(=O)C2(N)CC2)(c2ccnc3nccnc23)C1.Cl. The van der Waals surface area contributed by atoms with E-state index < -0.39 is 11.1 Å². The molecule has 2 atom stereocenters. The van der Waals surface area contributed by atoms with Crippen LogP contribution in [0.3, 0.4) is 0 Å². The number of nitrogens with one attached hydrogen (secondary N) is 2. The summed E-state index contributed by atoms with van der Waals surface area (Å²) in [4.78, 5) is 25.8. The van der Waals surface area contributed by atoms with E-state index in [4.69, 9.17) is 5.73 Å². The number of pyridine rings is 1. The Kier molecular flexibility index (Phi) is 4.66. The zero-order valence-electron chi connectivity index (χ0n) is 14.2. The quantitative estimate of drug-likeness (QED) is 0.748. The third-order valence-corrected chi connectivity index (χ3v) is 5.10. The summed E-state index contributed by atoms with van der Waals surface area (Å²) in [7, 11) is 0. The van der Waals surface area contributed by atoms with Gasteiger partial charge in [0.15, 0.2) is 5.65 Å². The van der Waals surface area contributed by atoms with E-state index in [0.717, 1.165) is 36.9 Å². The number of nitrogens with two attached hydrogens (primary N) is 1. The van der Waals surface area contributed by atoms with Gasteiger partial charge < -0.3 is 16.4 Å². The number of fused-ring (bicyclic) bond motifs is 1. The molecule has 0 spiro atoms. The Morgan fingerprint density at radius 3 is 2.72 bits per heavy atom. The lowest BCUT2D eigenvalue weighted by Gasteiger charge is -2.42. The first-order chi connectivity index (χ1) is 11.5. The van der Waals surface area contributed by atoms with Gasteiger partial charge in [0.05, 0.1) is 11.1 Å². The minimum Gasteiger partial charge on any atom is -0.344 e. The van der Waals surface area contributed by atoms with Crippen LogP contribution in [0.1, 0.15) is 31.7 Å². The van der Waals surface area contributed by atoms with Crippen molar-refractivity contribution in [3.8, 4) is 0 Å². The number of halogens is 1. The third kappa shape index (κ3) is 3.19. The second-order valence-electron chi connectivity index (χ2n) is 7.22. The molecule has 1 saturated heterocycles. The predicted octanol–water partition coefficient (Wildman–Crippen LogP) is 0.879. The van der Waals surface area contributed by atoms with Crippen LogP contribution in [0.15, 0.2) is 24.7 Å². The van der Waals surface area contributed by atoms with Gasteiger partial charge in [-0.15, -0.1) is 12.4 Å². The summed E-state index contributed by atoms with van der Waals surface area (Å²) in [6, 6.07) is 1.94. The van der Waals surface area contributed by atoms with Crippen molar-refractivity contribution in [2.24, 2.45) is 11.7 Å². The molecule has 0 unspecified atom stereocenters. The molecule has 8 heteroatoms. The molecule has 1 aliphatic carbocycles. The van der Waals surface area contributed by atoms with E-state index in [1.54, 1.807) is 18.6 Å². The van der Waals surface area contributed by atoms with Crippen molar-refractivity contribution in [3.05, 3.63) is 30.2 Å². The van der Waals surface area contributed by atoms with Crippen molar-refractivity contribution in [1.29, 1.82) is 0 Å². The Hall–Kier alpha value is -1.83. The first-order valence-corrected chi connectivity index (χ1v) is 8.41. The molecule has 1 amide bonds. The molecule has 1 aliphatic heterocycles. The zero-order chi connectivity index (χ0) is 16.8. The summed E-state index contributed by atoms with van der Waals surface area (Å²) in [5, 5.41) is 6.69. The summed E-state index contributed by atoms with van der Waals surface area (Å²) in [6.45, 7) is 3.76. The van der Waals surface area contributed by atoms with Crippen LogP contribution in [0.4, 0.5) is 0 Å². The molecule has 0 radical (unpaired) electrons. The molecule has 2 fully saturated rings. The minimum absolute atomic E-state index is 0. The monoisotopic (exact) mass is 362 g/mol. The second kappa shape index (κ2) is 6.48. The van der Waals surface area contributed by atoms with Crippen LogP contribution in [-0.4, -0.2) is 39.5 Å². The van der Waals surface area contributed by atoms with E-state index in [2.05, 4.69) is 32.5 Å². The average molecular weight is 363 g/mol. The number of rotatable bonds is 3. The zero-order valence-corrected chi connectivity index (χ0v) is 15.0. The molecular weight excluding hydrogens is 340 g/mol. The third-order valence-electron chi connectivity index (χ3n) is 5.10. The van der Waals surface area contributed by atoms with E-state index in [0.29, 0.717) is 18.1 Å². The van der Waals surface area contributed by atoms with Crippen molar-refractivity contribution in [2.75, 3.05) is 13.1 Å². The van der Waals surface area contributed by atoms with Gasteiger partial charge in [-0.1, -0.05) is 6.92 Å². The number of amides is 1. The maximum atomic E-state index is 12.7. The molecule has 0 aromatic carbocycles. The molecule has 0 bridgehead atoms. The van der Waals surface area contributed by atoms with E-state index >= 15 is 0 Å². The van der Waals surface area contributed by atoms with Gasteiger partial charge in [-0.25, -0.2) is 9.97 Å². The Balaban J connectivity index is 0.00000182. The van der Waals surface area contributed by atoms with Crippen molar-refractivity contribution in [2.45, 2.75) is 37.3 Å². The minimum atomic E-state index is -0.706. The second-order valence-corrected chi connectivity index (χ2v) is 7.22. The van der Waals surface area contributed by atoms with E-state index in [9.17, 15) is 4.79 Å². The summed E-state index contributed by atoms with van der Waals surface area (Å²) >= 11 is 0. The Bertz CT molecular complexity index is 790. The molecule has 25 heavy (non-hydrogen) atoms. The van der Waals surface area contributed by atoms with E-state index in [1.807, 2.05) is 6.07 Å². The van der Waals surface area contributed by atoms with Gasteiger partial charge in [0.2, 0.25) is 5.91 Å². The highest BCUT2D eigenvalue weighted by Gasteiger charge is 2.50. The van der Waals surface area contributed by atoms with E-state index in [1.165, 1.54) is 0 Å². The van der Waals surface area contributed by atoms with E-state index in [-0.39, 0.29) is 18.3 Å². The molecule has 134 valence electrons. The molecule has 2 aliphatic rings. The lowest BCUT2D eigenvalue weighted by atomic mass is 9.78. The van der Waals surface area contributed by atoms with Crippen molar-refractivity contribution >= 4 is 29.5 Å². The predicted molar refractivity (Wildman–Crippen MR) is 97.2 cm³/mol. The normalized spacial score (nSPS) is 27.4. The van der Waals surface area contributed by atoms with Crippen LogP contribution in [0.5, 0.6) is 0 Å². The topological polar surface area (TPSA) is 106 Å². The molecule has 1 saturated carbocycles. The van der Waals surface area contributed by atoms with Gasteiger partial charge in [-0.3, -0.25) is 9.78 Å². The number of nitrogens with zero attached hydrogens (tertiary/aromatic N) is 3. The highest BCUT2D eigenvalue weighted by atomic mass is 35.5. The van der Waals surface area contributed by atoms with Gasteiger partial charge in [0.1, 0.15) is 5.52 Å². The lowest BCUT2D eigenvalue weighted by Crippen LogP contribution is -2.60. The van der Waals surface area contributed by atoms with Crippen molar-refractivity contribution in [1.82, 2.24) is 25.6 Å². The largest absolute Gasteiger partial charge is 0.344 e. The fraction of sp³-hybridized carbons (Fsp3) is 0.529. The van der Waals surface area contributed by atoms with Gasteiger partial charge in [0, 0.05) is 30.7 Å². The van der Waals surface area contributed by atoms with Crippen LogP contribution >= 0.6 is 12.4 Å². The molecule has 2 aromatic heterocycles. The molecule has 2 aromatic rings. The Morgan fingerprint density at radius 1 is 1.28 bits per heavy atom. The van der Waals surface area contributed by atoms with Crippen molar-refractivity contribution < 1.29 is 4.79 Å². The summed E-state index contributed by atoms with van der Waals surface area (Å²) in [5.41, 5.74) is 7.16. The summed E-state index contributed by atoms with van der Waals surface area (Å²) in [5.74, 6) is 0.346. The lowest BCUT2D eigenvalue weighted by molar-refractivity contribution is -0.125. The first kappa shape index (κ1) is 18.0. The summed E-state index contributed by atoms with van der Waals surface area (Å²) < 4.78 is 0. The molecular formula is C17H23ClN6O. The molecule has 7 nitrogen and oxygen atoms in total. The Labute approximate surface area is 152 Å². The van der Waals surface area contributed by atoms with Crippen molar-refractivity contribution in [3.63, 3.8) is 0 Å². The van der Waals surface area contributed by atoms with Crippen LogP contribution in [0.25, 0.3) is 11.2 Å². The maximum absolute atomic E-state index is 12.7. The number of hydrogen-bond donors (Lipinski definition) is 3. The van der Waals surface area contributed by atoms with Gasteiger partial charge >= 0.3 is 0 Å². The maximum Gasteiger partial charge on any atom is 0.240 e. The van der Waals surface area contributed by atoms with Gasteiger partial charge in [0.25, 0.3) is 0 Å². The fourth-order valence-corrected chi connectivity index (χ4v) is 3.61. The number of hydrogen-bond acceptors (Lipinski definition) is 6. The number of carbonyl (C=O) groups excluding carboxylic acids is 1. The molecule has 4 rings (SSSR count). The van der Waals surface area contributed by atoms with Crippen LogP contribution < -0.4 is 16.4 Å². The molecule has 3 heterocycles. The summed E-state index contributed by atoms with van der Waals surface area (Å²) in [6.07, 6.45) is 7.34. The number of carbonyl (C=O) groups is 1. The highest BCUT2D eigenvalue weighted by molar-refractivity contribution is 5.90. The fourth-order valence-electron chi connectivity index (χ4n) is 3.61. The Morgan fingerprint density at radius 2 is 2.00 bits per heavy atom. The number of aromatic nitrogens is 3. The van der Waals surface area contributed by atoms with Crippen LogP contribution in [0.2, 0.25) is 0 Å². The molecule has 4 N–H and O–H groups in total. The smallest absolute Gasteiger partial charge is 0.240 e. The highest BCUT2D eigenvalue weighted by Crippen LogP contribution is 2.37. The average Bonchev–Trinajstić information content (AvgIpc) is 3.33. The first-order valence-electron chi connectivity index (χ1n) is 8.41. The number of piperidine rings is 1. The van der Waals surface area contributed by atoms with Gasteiger partial charge in [-0.2, -0.15) is 0 Å². The van der Waals surface area contributed by atoms with Crippen LogP contribution in [-0.2, 0) is 10.3 Å².